The van der Waals surface area contributed by atoms with Crippen molar-refractivity contribution in [2.75, 3.05) is 26.7 Å². The number of para-hydroxylation sites is 1. The topological polar surface area (TPSA) is 58.6 Å². The molecule has 5 nitrogen and oxygen atoms in total. The minimum Gasteiger partial charge on any atom is -0.496 e. The molecule has 0 radical (unpaired) electrons. The summed E-state index contributed by atoms with van der Waals surface area (Å²) in [6.45, 7) is 2.33. The Labute approximate surface area is 159 Å². The van der Waals surface area contributed by atoms with E-state index in [1.165, 1.54) is 24.0 Å². The number of carbonyl (C=O) groups is 2. The van der Waals surface area contributed by atoms with Gasteiger partial charge in [-0.25, -0.2) is 4.39 Å². The van der Waals surface area contributed by atoms with Gasteiger partial charge in [-0.3, -0.25) is 9.59 Å². The Morgan fingerprint density at radius 2 is 1.78 bits per heavy atom. The SMILES string of the molecule is COc1ccccc1CCN(CC(=O)NCCc1ccc(F)cc1)C(C)=O. The third-order valence-corrected chi connectivity index (χ3v) is 4.27. The number of nitrogens with zero attached hydrogens (tertiary/aromatic N) is 1. The maximum Gasteiger partial charge on any atom is 0.239 e. The van der Waals surface area contributed by atoms with Gasteiger partial charge in [0.05, 0.1) is 13.7 Å². The minimum atomic E-state index is -0.282. The predicted molar refractivity (Wildman–Crippen MR) is 102 cm³/mol. The lowest BCUT2D eigenvalue weighted by Gasteiger charge is -2.21. The average molecular weight is 372 g/mol. The molecule has 2 rings (SSSR count). The molecule has 0 fully saturated rings. The first-order chi connectivity index (χ1) is 13.0. The third-order valence-electron chi connectivity index (χ3n) is 4.27. The average Bonchev–Trinajstić information content (AvgIpc) is 2.66. The summed E-state index contributed by atoms with van der Waals surface area (Å²) in [7, 11) is 1.61. The smallest absolute Gasteiger partial charge is 0.239 e. The van der Waals surface area contributed by atoms with Crippen LogP contribution in [0.3, 0.4) is 0 Å². The number of methoxy groups -OCH3 is 1. The molecular formula is C21H25FN2O3. The largest absolute Gasteiger partial charge is 0.496 e. The molecule has 0 aliphatic rings. The van der Waals surface area contributed by atoms with Crippen LogP contribution in [0.5, 0.6) is 5.75 Å². The van der Waals surface area contributed by atoms with E-state index in [2.05, 4.69) is 5.32 Å². The lowest BCUT2D eigenvalue weighted by atomic mass is 10.1. The zero-order chi connectivity index (χ0) is 19.6. The minimum absolute atomic E-state index is 0.00784. The maximum atomic E-state index is 12.9. The van der Waals surface area contributed by atoms with Crippen molar-refractivity contribution < 1.29 is 18.7 Å². The molecule has 0 saturated heterocycles. The van der Waals surface area contributed by atoms with E-state index in [1.807, 2.05) is 24.3 Å². The van der Waals surface area contributed by atoms with Crippen molar-refractivity contribution in [1.29, 1.82) is 0 Å². The molecule has 0 bridgehead atoms. The second-order valence-electron chi connectivity index (χ2n) is 6.23. The molecule has 0 aromatic heterocycles. The third kappa shape index (κ3) is 6.73. The number of rotatable bonds is 9. The molecule has 27 heavy (non-hydrogen) atoms. The van der Waals surface area contributed by atoms with Crippen molar-refractivity contribution in [3.05, 3.63) is 65.5 Å². The van der Waals surface area contributed by atoms with Crippen LogP contribution < -0.4 is 10.1 Å². The van der Waals surface area contributed by atoms with E-state index >= 15 is 0 Å². The highest BCUT2D eigenvalue weighted by molar-refractivity contribution is 5.83. The highest BCUT2D eigenvalue weighted by Gasteiger charge is 2.14. The Morgan fingerprint density at radius 1 is 1.07 bits per heavy atom. The number of hydrogen-bond donors (Lipinski definition) is 1. The monoisotopic (exact) mass is 372 g/mol. The Hall–Kier alpha value is -2.89. The van der Waals surface area contributed by atoms with Crippen LogP contribution in [0, 0.1) is 5.82 Å². The number of ether oxygens (including phenoxy) is 1. The van der Waals surface area contributed by atoms with E-state index in [0.717, 1.165) is 16.9 Å². The first-order valence-electron chi connectivity index (χ1n) is 8.88. The molecule has 2 aromatic rings. The summed E-state index contributed by atoms with van der Waals surface area (Å²) in [5.41, 5.74) is 1.93. The summed E-state index contributed by atoms with van der Waals surface area (Å²) in [5.74, 6) is 0.116. The lowest BCUT2D eigenvalue weighted by molar-refractivity contribution is -0.134. The fourth-order valence-corrected chi connectivity index (χ4v) is 2.74. The number of carbonyl (C=O) groups excluding carboxylic acids is 2. The Kier molecular flexibility index (Phi) is 7.79. The summed E-state index contributed by atoms with van der Waals surface area (Å²) in [6.07, 6.45) is 1.21. The number of hydrogen-bond acceptors (Lipinski definition) is 3. The molecule has 0 spiro atoms. The molecule has 2 aromatic carbocycles. The standard InChI is InChI=1S/C21H25FN2O3/c1-16(25)24(14-12-18-5-3-4-6-20(18)27-2)15-21(26)23-13-11-17-7-9-19(22)10-8-17/h3-10H,11-15H2,1-2H3,(H,23,26). The van der Waals surface area contributed by atoms with Gasteiger partial charge >= 0.3 is 0 Å². The zero-order valence-electron chi connectivity index (χ0n) is 15.7. The zero-order valence-corrected chi connectivity index (χ0v) is 15.7. The van der Waals surface area contributed by atoms with Crippen molar-refractivity contribution in [1.82, 2.24) is 10.2 Å². The van der Waals surface area contributed by atoms with Gasteiger partial charge in [-0.2, -0.15) is 0 Å². The highest BCUT2D eigenvalue weighted by Crippen LogP contribution is 2.18. The summed E-state index contributed by atoms with van der Waals surface area (Å²) in [4.78, 5) is 25.5. The van der Waals surface area contributed by atoms with Gasteiger partial charge in [0.1, 0.15) is 11.6 Å². The number of halogens is 1. The summed E-state index contributed by atoms with van der Waals surface area (Å²) in [5, 5.41) is 2.80. The lowest BCUT2D eigenvalue weighted by Crippen LogP contribution is -2.41. The van der Waals surface area contributed by atoms with E-state index in [1.54, 1.807) is 19.2 Å². The normalized spacial score (nSPS) is 10.3. The van der Waals surface area contributed by atoms with E-state index < -0.39 is 0 Å². The van der Waals surface area contributed by atoms with Crippen LogP contribution in [0.15, 0.2) is 48.5 Å². The fourth-order valence-electron chi connectivity index (χ4n) is 2.74. The van der Waals surface area contributed by atoms with Gasteiger partial charge in [0.15, 0.2) is 0 Å². The van der Waals surface area contributed by atoms with E-state index in [9.17, 15) is 14.0 Å². The van der Waals surface area contributed by atoms with Crippen LogP contribution in [-0.4, -0.2) is 43.5 Å². The van der Waals surface area contributed by atoms with Gasteiger partial charge in [0, 0.05) is 20.0 Å². The van der Waals surface area contributed by atoms with Crippen molar-refractivity contribution in [3.8, 4) is 5.75 Å². The van der Waals surface area contributed by atoms with Crippen LogP contribution in [0.25, 0.3) is 0 Å². The fraction of sp³-hybridized carbons (Fsp3) is 0.333. The van der Waals surface area contributed by atoms with Crippen LogP contribution >= 0.6 is 0 Å². The van der Waals surface area contributed by atoms with Crippen LogP contribution in [0.1, 0.15) is 18.1 Å². The molecule has 1 N–H and O–H groups in total. The van der Waals surface area contributed by atoms with Crippen molar-refractivity contribution >= 4 is 11.8 Å². The first-order valence-corrected chi connectivity index (χ1v) is 8.88. The molecule has 2 amide bonds. The van der Waals surface area contributed by atoms with E-state index in [0.29, 0.717) is 25.9 Å². The van der Waals surface area contributed by atoms with Crippen molar-refractivity contribution in [2.24, 2.45) is 0 Å². The predicted octanol–water partition coefficient (Wildman–Crippen LogP) is 2.58. The maximum absolute atomic E-state index is 12.9. The Balaban J connectivity index is 1.81. The van der Waals surface area contributed by atoms with Gasteiger partial charge in [0.25, 0.3) is 0 Å². The molecular weight excluding hydrogens is 347 g/mol. The molecule has 0 aliphatic carbocycles. The number of nitrogens with one attached hydrogen (secondary N) is 1. The van der Waals surface area contributed by atoms with Gasteiger partial charge in [-0.05, 0) is 42.2 Å². The highest BCUT2D eigenvalue weighted by atomic mass is 19.1. The van der Waals surface area contributed by atoms with Gasteiger partial charge in [0.2, 0.25) is 11.8 Å². The molecule has 0 unspecified atom stereocenters. The second kappa shape index (κ2) is 10.3. The summed E-state index contributed by atoms with van der Waals surface area (Å²) < 4.78 is 18.2. The van der Waals surface area contributed by atoms with Crippen molar-refractivity contribution in [3.63, 3.8) is 0 Å². The molecule has 0 atom stereocenters. The molecule has 0 aliphatic heterocycles. The van der Waals surface area contributed by atoms with Crippen LogP contribution in [0.2, 0.25) is 0 Å². The Morgan fingerprint density at radius 3 is 2.44 bits per heavy atom. The van der Waals surface area contributed by atoms with Crippen LogP contribution in [-0.2, 0) is 22.4 Å². The number of amides is 2. The van der Waals surface area contributed by atoms with E-state index in [4.69, 9.17) is 4.74 Å². The van der Waals surface area contributed by atoms with E-state index in [-0.39, 0.29) is 24.2 Å². The second-order valence-corrected chi connectivity index (χ2v) is 6.23. The van der Waals surface area contributed by atoms with Gasteiger partial charge < -0.3 is 15.0 Å². The molecule has 144 valence electrons. The molecule has 0 saturated carbocycles. The van der Waals surface area contributed by atoms with Gasteiger partial charge in [-0.1, -0.05) is 30.3 Å². The summed E-state index contributed by atoms with van der Waals surface area (Å²) in [6, 6.07) is 13.8. The quantitative estimate of drug-likeness (QED) is 0.736. The molecule has 6 heteroatoms. The Bertz CT molecular complexity index is 762. The first kappa shape index (κ1) is 20.4. The van der Waals surface area contributed by atoms with Gasteiger partial charge in [-0.15, -0.1) is 0 Å². The number of benzene rings is 2. The van der Waals surface area contributed by atoms with Crippen molar-refractivity contribution in [2.45, 2.75) is 19.8 Å². The summed E-state index contributed by atoms with van der Waals surface area (Å²) >= 11 is 0. The van der Waals surface area contributed by atoms with Crippen LogP contribution in [0.4, 0.5) is 4.39 Å². The molecule has 0 heterocycles.